The topological polar surface area (TPSA) is 0 Å². The Hall–Kier alpha value is -0.670. The second-order valence-corrected chi connectivity index (χ2v) is 4.94. The average molecular weight is 257 g/mol. The van der Waals surface area contributed by atoms with Crippen LogP contribution in [0, 0.1) is 5.82 Å². The van der Waals surface area contributed by atoms with Gasteiger partial charge in [0.2, 0.25) is 0 Å². The molecule has 3 heteroatoms. The van der Waals surface area contributed by atoms with Gasteiger partial charge in [-0.05, 0) is 50.6 Å². The Kier molecular flexibility index (Phi) is 2.47. The fourth-order valence-corrected chi connectivity index (χ4v) is 2.30. The van der Waals surface area contributed by atoms with E-state index in [0.29, 0.717) is 0 Å². The Morgan fingerprint density at radius 2 is 2.00 bits per heavy atom. The lowest BCUT2D eigenvalue weighted by atomic mass is 10.1. The number of hydrogen-bond acceptors (Lipinski definition) is 1. The lowest BCUT2D eigenvalue weighted by Crippen LogP contribution is -1.75. The largest absolute Gasteiger partial charge is 0.207 e. The van der Waals surface area contributed by atoms with E-state index in [1.165, 1.54) is 12.1 Å². The Bertz CT molecular complexity index is 422. The lowest BCUT2D eigenvalue weighted by Gasteiger charge is -1.96. The average Bonchev–Trinajstić information content (AvgIpc) is 2.52. The van der Waals surface area contributed by atoms with Crippen molar-refractivity contribution >= 4 is 27.3 Å². The predicted molar refractivity (Wildman–Crippen MR) is 57.4 cm³/mol. The Balaban J connectivity index is 2.46. The summed E-state index contributed by atoms with van der Waals surface area (Å²) >= 11 is 4.97. The minimum absolute atomic E-state index is 0.195. The lowest BCUT2D eigenvalue weighted by molar-refractivity contribution is 0.628. The van der Waals surface area contributed by atoms with Crippen LogP contribution in [-0.4, -0.2) is 0 Å². The van der Waals surface area contributed by atoms with E-state index in [1.807, 2.05) is 17.5 Å². The van der Waals surface area contributed by atoms with Crippen molar-refractivity contribution in [3.63, 3.8) is 0 Å². The molecule has 0 unspecified atom stereocenters. The fraction of sp³-hybridized carbons (Fsp3) is 0. The number of hydrogen-bond donors (Lipinski definition) is 0. The SMILES string of the molecule is Fc1cccc(-c2csc(Br)c2)c1. The molecule has 0 bridgehead atoms. The zero-order valence-corrected chi connectivity index (χ0v) is 9.03. The summed E-state index contributed by atoms with van der Waals surface area (Å²) in [7, 11) is 0. The van der Waals surface area contributed by atoms with Crippen LogP contribution in [0.1, 0.15) is 0 Å². The van der Waals surface area contributed by atoms with Gasteiger partial charge in [0, 0.05) is 0 Å². The minimum Gasteiger partial charge on any atom is -0.207 e. The molecule has 0 spiro atoms. The first kappa shape index (κ1) is 8.91. The van der Waals surface area contributed by atoms with Crippen LogP contribution in [-0.2, 0) is 0 Å². The molecule has 0 saturated carbocycles. The molecule has 66 valence electrons. The second kappa shape index (κ2) is 3.60. The van der Waals surface area contributed by atoms with Crippen LogP contribution in [0.25, 0.3) is 11.1 Å². The summed E-state index contributed by atoms with van der Waals surface area (Å²) in [5.41, 5.74) is 1.97. The van der Waals surface area contributed by atoms with Crippen molar-refractivity contribution in [2.24, 2.45) is 0 Å². The molecule has 0 N–H and O–H groups in total. The standard InChI is InChI=1S/C10H6BrFS/c11-10-5-8(6-13-10)7-2-1-3-9(12)4-7/h1-6H. The third-order valence-corrected chi connectivity index (χ3v) is 3.23. The highest BCUT2D eigenvalue weighted by Crippen LogP contribution is 2.29. The van der Waals surface area contributed by atoms with Gasteiger partial charge >= 0.3 is 0 Å². The maximum Gasteiger partial charge on any atom is 0.123 e. The molecule has 0 aliphatic heterocycles. The minimum atomic E-state index is -0.195. The van der Waals surface area contributed by atoms with Crippen molar-refractivity contribution in [1.29, 1.82) is 0 Å². The molecule has 0 aliphatic carbocycles. The number of halogens is 2. The van der Waals surface area contributed by atoms with Gasteiger partial charge < -0.3 is 0 Å². The van der Waals surface area contributed by atoms with Crippen molar-refractivity contribution in [1.82, 2.24) is 0 Å². The summed E-state index contributed by atoms with van der Waals surface area (Å²) < 4.78 is 13.9. The monoisotopic (exact) mass is 256 g/mol. The molecule has 0 radical (unpaired) electrons. The van der Waals surface area contributed by atoms with E-state index in [2.05, 4.69) is 15.9 Å². The molecule has 0 amide bonds. The zero-order valence-electron chi connectivity index (χ0n) is 6.63. The van der Waals surface area contributed by atoms with Gasteiger partial charge in [0.1, 0.15) is 5.82 Å². The summed E-state index contributed by atoms with van der Waals surface area (Å²) in [5.74, 6) is -0.195. The Morgan fingerprint density at radius 1 is 1.15 bits per heavy atom. The van der Waals surface area contributed by atoms with E-state index < -0.39 is 0 Å². The van der Waals surface area contributed by atoms with Gasteiger partial charge in [0.15, 0.2) is 0 Å². The van der Waals surface area contributed by atoms with E-state index >= 15 is 0 Å². The molecule has 0 nitrogen and oxygen atoms in total. The van der Waals surface area contributed by atoms with Gasteiger partial charge in [-0.25, -0.2) is 4.39 Å². The summed E-state index contributed by atoms with van der Waals surface area (Å²) in [6, 6.07) is 8.59. The molecular formula is C10H6BrFS. The van der Waals surface area contributed by atoms with Crippen LogP contribution in [0.5, 0.6) is 0 Å². The summed E-state index contributed by atoms with van der Waals surface area (Å²) in [4.78, 5) is 0. The fourth-order valence-electron chi connectivity index (χ4n) is 1.13. The number of benzene rings is 1. The molecule has 0 fully saturated rings. The molecule has 13 heavy (non-hydrogen) atoms. The van der Waals surface area contributed by atoms with Gasteiger partial charge in [0.25, 0.3) is 0 Å². The first-order valence-corrected chi connectivity index (χ1v) is 5.43. The van der Waals surface area contributed by atoms with Crippen LogP contribution in [0.2, 0.25) is 0 Å². The van der Waals surface area contributed by atoms with Gasteiger partial charge in [-0.3, -0.25) is 0 Å². The van der Waals surface area contributed by atoms with Crippen LogP contribution < -0.4 is 0 Å². The van der Waals surface area contributed by atoms with Gasteiger partial charge in [-0.2, -0.15) is 0 Å². The molecular weight excluding hydrogens is 251 g/mol. The number of rotatable bonds is 1. The Morgan fingerprint density at radius 3 is 2.62 bits per heavy atom. The molecule has 1 aromatic heterocycles. The van der Waals surface area contributed by atoms with Crippen LogP contribution >= 0.6 is 27.3 Å². The quantitative estimate of drug-likeness (QED) is 0.713. The van der Waals surface area contributed by atoms with E-state index in [1.54, 1.807) is 17.4 Å². The normalized spacial score (nSPS) is 10.3. The third-order valence-electron chi connectivity index (χ3n) is 1.73. The van der Waals surface area contributed by atoms with Crippen molar-refractivity contribution in [2.75, 3.05) is 0 Å². The number of thiophene rings is 1. The molecule has 0 atom stereocenters. The second-order valence-electron chi connectivity index (χ2n) is 2.65. The molecule has 1 aromatic carbocycles. The first-order chi connectivity index (χ1) is 6.25. The maximum atomic E-state index is 12.9. The molecule has 0 saturated heterocycles. The smallest absolute Gasteiger partial charge is 0.123 e. The van der Waals surface area contributed by atoms with Gasteiger partial charge in [-0.15, -0.1) is 11.3 Å². The van der Waals surface area contributed by atoms with Crippen molar-refractivity contribution in [3.8, 4) is 11.1 Å². The molecule has 1 heterocycles. The predicted octanol–water partition coefficient (Wildman–Crippen LogP) is 4.32. The van der Waals surface area contributed by atoms with E-state index in [4.69, 9.17) is 0 Å². The van der Waals surface area contributed by atoms with Crippen LogP contribution in [0.4, 0.5) is 4.39 Å². The molecule has 2 aromatic rings. The van der Waals surface area contributed by atoms with E-state index in [-0.39, 0.29) is 5.82 Å². The third kappa shape index (κ3) is 1.98. The van der Waals surface area contributed by atoms with E-state index in [0.717, 1.165) is 14.9 Å². The highest BCUT2D eigenvalue weighted by molar-refractivity contribution is 9.11. The van der Waals surface area contributed by atoms with E-state index in [9.17, 15) is 4.39 Å². The summed E-state index contributed by atoms with van der Waals surface area (Å²) in [6.07, 6.45) is 0. The molecule has 2 rings (SSSR count). The highest BCUT2D eigenvalue weighted by atomic mass is 79.9. The zero-order chi connectivity index (χ0) is 9.26. The molecule has 0 aliphatic rings. The first-order valence-electron chi connectivity index (χ1n) is 3.76. The van der Waals surface area contributed by atoms with Crippen LogP contribution in [0.3, 0.4) is 0 Å². The van der Waals surface area contributed by atoms with Crippen LogP contribution in [0.15, 0.2) is 39.5 Å². The van der Waals surface area contributed by atoms with Crippen molar-refractivity contribution in [2.45, 2.75) is 0 Å². The van der Waals surface area contributed by atoms with Crippen molar-refractivity contribution in [3.05, 3.63) is 45.3 Å². The maximum absolute atomic E-state index is 12.9. The van der Waals surface area contributed by atoms with Gasteiger partial charge in [0.05, 0.1) is 3.79 Å². The van der Waals surface area contributed by atoms with Gasteiger partial charge in [-0.1, -0.05) is 12.1 Å². The summed E-state index contributed by atoms with van der Waals surface area (Å²) in [6.45, 7) is 0. The Labute approximate surface area is 88.2 Å². The summed E-state index contributed by atoms with van der Waals surface area (Å²) in [5, 5.41) is 2.00. The highest BCUT2D eigenvalue weighted by Gasteiger charge is 2.00. The van der Waals surface area contributed by atoms with Crippen molar-refractivity contribution < 1.29 is 4.39 Å².